The molecule has 10 rings (SSSR count). The first-order chi connectivity index (χ1) is 33.8. The van der Waals surface area contributed by atoms with E-state index in [1.807, 2.05) is 62.5 Å². The molecule has 0 radical (unpaired) electrons. The maximum absolute atomic E-state index is 15.7. The highest BCUT2D eigenvalue weighted by Crippen LogP contribution is 2.78. The molecule has 7 aliphatic rings. The van der Waals surface area contributed by atoms with Gasteiger partial charge in [0.05, 0.1) is 41.8 Å². The zero-order valence-corrected chi connectivity index (χ0v) is 44.4. The zero-order chi connectivity index (χ0) is 50.3. The molecule has 6 aliphatic carbocycles. The summed E-state index contributed by atoms with van der Waals surface area (Å²) in [5.74, 6) is 3.05. The predicted molar refractivity (Wildman–Crippen MR) is 276 cm³/mol. The Kier molecular flexibility index (Phi) is 13.1. The van der Waals surface area contributed by atoms with E-state index in [2.05, 4.69) is 70.1 Å². The number of rotatable bonds is 13. The molecule has 6 saturated carbocycles. The third-order valence-corrected chi connectivity index (χ3v) is 21.9. The Hall–Kier alpha value is -4.44. The number of amides is 1. The van der Waals surface area contributed by atoms with Gasteiger partial charge >= 0.3 is 11.9 Å². The zero-order valence-electron chi connectivity index (χ0n) is 44.4. The quantitative estimate of drug-likeness (QED) is 0.102. The maximum Gasteiger partial charge on any atom is 0.309 e. The minimum atomic E-state index is -0.530. The third-order valence-electron chi connectivity index (χ3n) is 21.9. The van der Waals surface area contributed by atoms with Crippen molar-refractivity contribution < 1.29 is 33.3 Å². The van der Waals surface area contributed by atoms with Gasteiger partial charge in [-0.05, 0) is 177 Å². The molecule has 7 fully saturated rings. The average molecular weight is 970 g/mol. The Morgan fingerprint density at radius 2 is 1.52 bits per heavy atom. The lowest BCUT2D eigenvalue weighted by molar-refractivity contribution is -0.251. The Balaban J connectivity index is 0.833. The number of esters is 2. The lowest BCUT2D eigenvalue weighted by Gasteiger charge is -2.73. The number of methoxy groups -OCH3 is 1. The Bertz CT molecular complexity index is 2480. The average Bonchev–Trinajstić information content (AvgIpc) is 4.12. The van der Waals surface area contributed by atoms with Crippen molar-refractivity contribution in [2.75, 3.05) is 26.9 Å². The van der Waals surface area contributed by atoms with E-state index in [4.69, 9.17) is 23.9 Å². The summed E-state index contributed by atoms with van der Waals surface area (Å²) < 4.78 is 23.3. The van der Waals surface area contributed by atoms with Crippen LogP contribution in [0.4, 0.5) is 0 Å². The van der Waals surface area contributed by atoms with Crippen LogP contribution in [0.15, 0.2) is 72.9 Å². The molecule has 2 aromatic carbocycles. The van der Waals surface area contributed by atoms with Gasteiger partial charge in [-0.2, -0.15) is 0 Å². The Morgan fingerprint density at radius 3 is 2.24 bits per heavy atom. The lowest BCUT2D eigenvalue weighted by atomic mass is 9.32. The highest BCUT2D eigenvalue weighted by Gasteiger charge is 2.73. The number of hydrogen-bond donors (Lipinski definition) is 1. The van der Waals surface area contributed by atoms with Crippen molar-refractivity contribution in [2.45, 2.75) is 158 Å². The van der Waals surface area contributed by atoms with Crippen LogP contribution >= 0.6 is 0 Å². The number of allylic oxidation sites excluding steroid dienone is 1. The topological polar surface area (TPSA) is 120 Å². The molecule has 13 atom stereocenters. The summed E-state index contributed by atoms with van der Waals surface area (Å²) in [5.41, 5.74) is 3.39. The molecule has 1 amide bonds. The number of nitrogens with zero attached hydrogens (tertiary/aromatic N) is 2. The number of aromatic nitrogens is 2. The molecular formula is C61H83N3O7. The molecular weight excluding hydrogens is 887 g/mol. The minimum Gasteiger partial charge on any atom is -0.491 e. The van der Waals surface area contributed by atoms with Gasteiger partial charge in [-0.1, -0.05) is 91.0 Å². The number of carbonyl (C=O) groups is 3. The van der Waals surface area contributed by atoms with Crippen LogP contribution in [0.1, 0.15) is 156 Å². The molecule has 1 saturated heterocycles. The number of fused-ring (bicyclic) bond motifs is 7. The van der Waals surface area contributed by atoms with Crippen LogP contribution in [-0.4, -0.2) is 65.7 Å². The number of nitrogens with one attached hydrogen (secondary N) is 1. The molecule has 2 unspecified atom stereocenters. The second-order valence-electron chi connectivity index (χ2n) is 25.6. The van der Waals surface area contributed by atoms with Gasteiger partial charge in [-0.15, -0.1) is 0 Å². The normalized spacial score (nSPS) is 37.6. The number of likely N-dealkylation sites (tertiary alicyclic amines) is 1. The van der Waals surface area contributed by atoms with Gasteiger partial charge in [0, 0.05) is 19.1 Å². The molecule has 0 bridgehead atoms. The van der Waals surface area contributed by atoms with E-state index in [-0.39, 0.29) is 70.1 Å². The largest absolute Gasteiger partial charge is 0.491 e. The second-order valence-corrected chi connectivity index (χ2v) is 25.6. The smallest absolute Gasteiger partial charge is 0.309 e. The Morgan fingerprint density at radius 1 is 0.775 bits per heavy atom. The standard InChI is InChI=1S/C61H83N3O7/c1-38(2)42-24-29-61(55(67)64-32-14-17-47(64)52-62-36-46(63-52)40-18-20-41(21-19-40)69-34-33-68-10)31-30-59(8)43(51(42)61)22-23-49-58(7)27-26-50(57(5,6)48(58)25-28-60(49,59)9)71-54(66)45-35-44(56(45,3)4)53(65)70-37-39-15-12-11-13-16-39/h11-13,15-16,18-21,36,42-45,47-51H,1,14,17,22-35,37H2,2-10H3,(H,62,63)/t42-,43+,44?,45?,47-,48-,49+,50-,51+,58-,59+,60+,61-/m0/s1. The summed E-state index contributed by atoms with van der Waals surface area (Å²) in [6, 6.07) is 17.8. The van der Waals surface area contributed by atoms with Gasteiger partial charge in [-0.25, -0.2) is 4.98 Å². The van der Waals surface area contributed by atoms with Crippen molar-refractivity contribution in [3.8, 4) is 17.0 Å². The molecule has 71 heavy (non-hydrogen) atoms. The van der Waals surface area contributed by atoms with E-state index in [0.29, 0.717) is 49.2 Å². The van der Waals surface area contributed by atoms with Crippen molar-refractivity contribution in [2.24, 2.45) is 73.9 Å². The van der Waals surface area contributed by atoms with Gasteiger partial charge in [0.25, 0.3) is 0 Å². The number of imidazole rings is 1. The fourth-order valence-corrected chi connectivity index (χ4v) is 17.7. The summed E-state index contributed by atoms with van der Waals surface area (Å²) in [6.45, 7) is 25.7. The number of ether oxygens (including phenoxy) is 4. The number of hydrogen-bond acceptors (Lipinski definition) is 8. The molecule has 1 N–H and O–H groups in total. The highest BCUT2D eigenvalue weighted by atomic mass is 16.5. The number of aromatic amines is 1. The van der Waals surface area contributed by atoms with Crippen molar-refractivity contribution in [3.05, 3.63) is 84.3 Å². The number of H-pyrrole nitrogens is 1. The van der Waals surface area contributed by atoms with Gasteiger partial charge < -0.3 is 28.8 Å². The number of benzene rings is 2. The van der Waals surface area contributed by atoms with Gasteiger partial charge in [0.2, 0.25) is 5.91 Å². The van der Waals surface area contributed by atoms with Crippen LogP contribution in [0, 0.1) is 73.9 Å². The maximum atomic E-state index is 15.7. The highest BCUT2D eigenvalue weighted by molar-refractivity contribution is 5.85. The second kappa shape index (κ2) is 18.5. The summed E-state index contributed by atoms with van der Waals surface area (Å²) >= 11 is 0. The molecule has 10 nitrogen and oxygen atoms in total. The van der Waals surface area contributed by atoms with Gasteiger partial charge in [-0.3, -0.25) is 14.4 Å². The first kappa shape index (κ1) is 50.1. The SMILES string of the molecule is C=C(C)[C@@H]1CC[C@]2(C(=O)N3CCC[C@H]3c3ncc(-c4ccc(OCCOC)cc4)[nH]3)CC[C@]3(C)[C@H](CC[C@@H]4[C@@]5(C)CC[C@H](OC(=O)C6CC(C(=O)OCc7ccccc7)C6(C)C)C(C)(C)[C@@H]5CC[C@]43C)[C@@H]12. The lowest BCUT2D eigenvalue weighted by Crippen LogP contribution is -2.67. The van der Waals surface area contributed by atoms with E-state index >= 15 is 4.79 Å². The van der Waals surface area contributed by atoms with E-state index in [0.717, 1.165) is 106 Å². The summed E-state index contributed by atoms with van der Waals surface area (Å²) in [5, 5.41) is 0. The van der Waals surface area contributed by atoms with Crippen LogP contribution in [0.2, 0.25) is 0 Å². The number of carbonyl (C=O) groups excluding carboxylic acids is 3. The fourth-order valence-electron chi connectivity index (χ4n) is 17.7. The van der Waals surface area contributed by atoms with Crippen molar-refractivity contribution in [1.29, 1.82) is 0 Å². The molecule has 1 aromatic heterocycles. The third kappa shape index (κ3) is 8.03. The van der Waals surface area contributed by atoms with Crippen LogP contribution in [0.25, 0.3) is 11.3 Å². The molecule has 3 aromatic rings. The van der Waals surface area contributed by atoms with Crippen LogP contribution in [0.3, 0.4) is 0 Å². The first-order valence-corrected chi connectivity index (χ1v) is 27.4. The van der Waals surface area contributed by atoms with Gasteiger partial charge in [0.1, 0.15) is 30.9 Å². The van der Waals surface area contributed by atoms with Crippen LogP contribution in [-0.2, 0) is 35.2 Å². The van der Waals surface area contributed by atoms with E-state index < -0.39 is 10.8 Å². The monoisotopic (exact) mass is 970 g/mol. The summed E-state index contributed by atoms with van der Waals surface area (Å²) in [7, 11) is 1.67. The summed E-state index contributed by atoms with van der Waals surface area (Å²) in [4.78, 5) is 54.0. The molecule has 2 heterocycles. The molecule has 1 aliphatic heterocycles. The van der Waals surface area contributed by atoms with Crippen LogP contribution in [0.5, 0.6) is 5.75 Å². The summed E-state index contributed by atoms with van der Waals surface area (Å²) in [6.07, 6.45) is 14.6. The van der Waals surface area contributed by atoms with E-state index in [9.17, 15) is 9.59 Å². The Labute approximate surface area is 424 Å². The van der Waals surface area contributed by atoms with Crippen molar-refractivity contribution in [3.63, 3.8) is 0 Å². The van der Waals surface area contributed by atoms with Crippen LogP contribution < -0.4 is 4.74 Å². The molecule has 10 heteroatoms. The first-order valence-electron chi connectivity index (χ1n) is 27.4. The van der Waals surface area contributed by atoms with Crippen molar-refractivity contribution >= 4 is 17.8 Å². The minimum absolute atomic E-state index is 0.0626. The predicted octanol–water partition coefficient (Wildman–Crippen LogP) is 12.7. The van der Waals surface area contributed by atoms with Crippen molar-refractivity contribution in [1.82, 2.24) is 14.9 Å². The fraction of sp³-hybridized carbons (Fsp3) is 0.672. The van der Waals surface area contributed by atoms with E-state index in [1.165, 1.54) is 12.0 Å². The van der Waals surface area contributed by atoms with Gasteiger partial charge in [0.15, 0.2) is 0 Å². The molecule has 384 valence electrons. The van der Waals surface area contributed by atoms with E-state index in [1.54, 1.807) is 7.11 Å². The molecule has 0 spiro atoms.